The van der Waals surface area contributed by atoms with E-state index >= 15 is 0 Å². The maximum absolute atomic E-state index is 13.9. The summed E-state index contributed by atoms with van der Waals surface area (Å²) in [6, 6.07) is 6.47. The van der Waals surface area contributed by atoms with Crippen molar-refractivity contribution in [1.29, 1.82) is 0 Å². The first kappa shape index (κ1) is 15.2. The molecule has 0 bridgehead atoms. The van der Waals surface area contributed by atoms with Crippen LogP contribution in [0.4, 0.5) is 15.8 Å². The molecule has 1 aromatic heterocycles. The van der Waals surface area contributed by atoms with Gasteiger partial charge in [-0.1, -0.05) is 22.9 Å². The highest BCUT2D eigenvalue weighted by Gasteiger charge is 2.20. The zero-order valence-corrected chi connectivity index (χ0v) is 13.7. The summed E-state index contributed by atoms with van der Waals surface area (Å²) in [6.07, 6.45) is 3.72. The minimum Gasteiger partial charge on any atom is -0.351 e. The van der Waals surface area contributed by atoms with E-state index in [1.807, 2.05) is 6.92 Å². The van der Waals surface area contributed by atoms with Crippen molar-refractivity contribution in [3.63, 3.8) is 0 Å². The number of pyridine rings is 1. The summed E-state index contributed by atoms with van der Waals surface area (Å²) < 4.78 is 27.1. The predicted molar refractivity (Wildman–Crippen MR) is 85.3 cm³/mol. The van der Waals surface area contributed by atoms with Crippen molar-refractivity contribution in [2.75, 3.05) is 18.1 Å². The molecule has 2 rings (SSSR count). The second-order valence-electron chi connectivity index (χ2n) is 4.56. The standard InChI is InChI=1S/C14H15BrFN2OP/c1-3-20(2,19)14-6-7-17-9-13(14)18-12-5-4-10(15)8-11(12)16/h4-9,18H,3H2,1-2H3. The third kappa shape index (κ3) is 3.28. The van der Waals surface area contributed by atoms with Gasteiger partial charge in [-0.25, -0.2) is 4.39 Å². The van der Waals surface area contributed by atoms with Gasteiger partial charge in [-0.2, -0.15) is 0 Å². The Labute approximate surface area is 126 Å². The van der Waals surface area contributed by atoms with Crippen LogP contribution in [0, 0.1) is 5.82 Å². The summed E-state index contributed by atoms with van der Waals surface area (Å²) in [7, 11) is -2.46. The number of anilines is 2. The van der Waals surface area contributed by atoms with Crippen molar-refractivity contribution in [2.45, 2.75) is 6.92 Å². The van der Waals surface area contributed by atoms with Crippen molar-refractivity contribution in [3.05, 3.63) is 46.9 Å². The van der Waals surface area contributed by atoms with Gasteiger partial charge in [-0.3, -0.25) is 4.98 Å². The van der Waals surface area contributed by atoms with Crippen molar-refractivity contribution < 1.29 is 8.96 Å². The summed E-state index contributed by atoms with van der Waals surface area (Å²) in [5.74, 6) is -0.378. The third-order valence-corrected chi connectivity index (χ3v) is 6.22. The summed E-state index contributed by atoms with van der Waals surface area (Å²) >= 11 is 3.21. The second kappa shape index (κ2) is 6.06. The molecule has 20 heavy (non-hydrogen) atoms. The Kier molecular flexibility index (Phi) is 4.61. The van der Waals surface area contributed by atoms with Crippen LogP contribution in [0.1, 0.15) is 6.92 Å². The molecule has 0 radical (unpaired) electrons. The zero-order valence-electron chi connectivity index (χ0n) is 11.2. The molecule has 3 nitrogen and oxygen atoms in total. The lowest BCUT2D eigenvalue weighted by Gasteiger charge is -2.17. The van der Waals surface area contributed by atoms with Crippen molar-refractivity contribution in [2.24, 2.45) is 0 Å². The van der Waals surface area contributed by atoms with Crippen LogP contribution < -0.4 is 10.6 Å². The molecule has 0 aliphatic rings. The number of hydrogen-bond acceptors (Lipinski definition) is 3. The van der Waals surface area contributed by atoms with E-state index in [9.17, 15) is 8.96 Å². The number of nitrogens with one attached hydrogen (secondary N) is 1. The van der Waals surface area contributed by atoms with Gasteiger partial charge in [0.05, 0.1) is 17.6 Å². The number of hydrogen-bond donors (Lipinski definition) is 1. The summed E-state index contributed by atoms with van der Waals surface area (Å²) in [5.41, 5.74) is 0.917. The SMILES string of the molecule is CCP(C)(=O)c1ccncc1Nc1ccc(Br)cc1F. The Morgan fingerprint density at radius 2 is 2.10 bits per heavy atom. The number of nitrogens with zero attached hydrogens (tertiary/aromatic N) is 1. The van der Waals surface area contributed by atoms with Crippen LogP contribution in [0.2, 0.25) is 0 Å². The van der Waals surface area contributed by atoms with E-state index in [4.69, 9.17) is 0 Å². The lowest BCUT2D eigenvalue weighted by atomic mass is 10.3. The second-order valence-corrected chi connectivity index (χ2v) is 8.79. The summed E-state index contributed by atoms with van der Waals surface area (Å²) in [6.45, 7) is 3.61. The van der Waals surface area contributed by atoms with Gasteiger partial charge in [-0.15, -0.1) is 0 Å². The minimum absolute atomic E-state index is 0.332. The van der Waals surface area contributed by atoms with Gasteiger partial charge >= 0.3 is 0 Å². The molecule has 0 spiro atoms. The highest BCUT2D eigenvalue weighted by molar-refractivity contribution is 9.10. The Bertz CT molecular complexity index is 678. The quantitative estimate of drug-likeness (QED) is 0.827. The highest BCUT2D eigenvalue weighted by Crippen LogP contribution is 2.42. The van der Waals surface area contributed by atoms with Gasteiger partial charge in [0.15, 0.2) is 0 Å². The largest absolute Gasteiger partial charge is 0.351 e. The van der Waals surface area contributed by atoms with Gasteiger partial charge in [-0.05, 0) is 30.9 Å². The molecular weight excluding hydrogens is 342 g/mol. The average molecular weight is 357 g/mol. The molecule has 106 valence electrons. The first-order valence-corrected chi connectivity index (χ1v) is 9.30. The maximum Gasteiger partial charge on any atom is 0.147 e. The Balaban J connectivity index is 2.42. The van der Waals surface area contributed by atoms with E-state index in [1.165, 1.54) is 6.07 Å². The molecule has 2 aromatic rings. The zero-order chi connectivity index (χ0) is 14.8. The summed E-state index contributed by atoms with van der Waals surface area (Å²) in [4.78, 5) is 4.02. The first-order valence-electron chi connectivity index (χ1n) is 6.17. The van der Waals surface area contributed by atoms with Crippen LogP contribution in [-0.2, 0) is 4.57 Å². The first-order chi connectivity index (χ1) is 9.44. The molecule has 0 aliphatic heterocycles. The van der Waals surface area contributed by atoms with E-state index in [0.29, 0.717) is 27.3 Å². The van der Waals surface area contributed by atoms with Crippen LogP contribution in [0.3, 0.4) is 0 Å². The Morgan fingerprint density at radius 3 is 2.75 bits per heavy atom. The monoisotopic (exact) mass is 356 g/mol. The Hall–Kier alpha value is -1.19. The fourth-order valence-corrected chi connectivity index (χ4v) is 3.48. The van der Waals surface area contributed by atoms with Crippen molar-refractivity contribution in [1.82, 2.24) is 4.98 Å². The Morgan fingerprint density at radius 1 is 1.35 bits per heavy atom. The maximum atomic E-state index is 13.9. The highest BCUT2D eigenvalue weighted by atomic mass is 79.9. The molecule has 1 atom stereocenters. The molecule has 0 aliphatic carbocycles. The van der Waals surface area contributed by atoms with Gasteiger partial charge in [0, 0.05) is 22.1 Å². The van der Waals surface area contributed by atoms with Gasteiger partial charge in [0.1, 0.15) is 13.0 Å². The lowest BCUT2D eigenvalue weighted by Crippen LogP contribution is -2.12. The molecule has 0 amide bonds. The van der Waals surface area contributed by atoms with Gasteiger partial charge < -0.3 is 9.88 Å². The van der Waals surface area contributed by atoms with Crippen LogP contribution in [0.5, 0.6) is 0 Å². The molecule has 6 heteroatoms. The number of halogens is 2. The van der Waals surface area contributed by atoms with E-state index in [1.54, 1.807) is 37.3 Å². The van der Waals surface area contributed by atoms with E-state index in [0.717, 1.165) is 0 Å². The molecular formula is C14H15BrFN2OP. The molecule has 1 unspecified atom stereocenters. The fraction of sp³-hybridized carbons (Fsp3) is 0.214. The normalized spacial score (nSPS) is 13.8. The molecule has 1 N–H and O–H groups in total. The molecule has 0 fully saturated rings. The predicted octanol–water partition coefficient (Wildman–Crippen LogP) is 4.36. The van der Waals surface area contributed by atoms with Gasteiger partial charge in [0.25, 0.3) is 0 Å². The molecule has 1 aromatic carbocycles. The molecule has 0 saturated carbocycles. The number of aromatic nitrogens is 1. The van der Waals surface area contributed by atoms with Crippen molar-refractivity contribution >= 4 is 39.8 Å². The molecule has 1 heterocycles. The van der Waals surface area contributed by atoms with Crippen LogP contribution in [0.15, 0.2) is 41.1 Å². The summed E-state index contributed by atoms with van der Waals surface area (Å²) in [5, 5.41) is 3.67. The lowest BCUT2D eigenvalue weighted by molar-refractivity contribution is 0.585. The smallest absolute Gasteiger partial charge is 0.147 e. The van der Waals surface area contributed by atoms with E-state index in [-0.39, 0.29) is 5.82 Å². The fourth-order valence-electron chi connectivity index (χ4n) is 1.80. The van der Waals surface area contributed by atoms with Crippen molar-refractivity contribution in [3.8, 4) is 0 Å². The number of benzene rings is 1. The van der Waals surface area contributed by atoms with Crippen LogP contribution >= 0.6 is 23.1 Å². The van der Waals surface area contributed by atoms with Crippen LogP contribution in [-0.4, -0.2) is 17.8 Å². The van der Waals surface area contributed by atoms with E-state index in [2.05, 4.69) is 26.2 Å². The van der Waals surface area contributed by atoms with Gasteiger partial charge in [0.2, 0.25) is 0 Å². The number of rotatable bonds is 4. The minimum atomic E-state index is -2.46. The van der Waals surface area contributed by atoms with E-state index < -0.39 is 7.14 Å². The van der Waals surface area contributed by atoms with Crippen LogP contribution in [0.25, 0.3) is 0 Å². The topological polar surface area (TPSA) is 42.0 Å². The third-order valence-electron chi connectivity index (χ3n) is 3.11. The average Bonchev–Trinajstić information content (AvgIpc) is 2.42. The molecule has 0 saturated heterocycles.